The van der Waals surface area contributed by atoms with Crippen LogP contribution in [0.25, 0.3) is 5.69 Å². The summed E-state index contributed by atoms with van der Waals surface area (Å²) in [6, 6.07) is 9.33. The Labute approximate surface area is 141 Å². The van der Waals surface area contributed by atoms with E-state index in [0.29, 0.717) is 11.0 Å². The Morgan fingerprint density at radius 3 is 2.78 bits per heavy atom. The van der Waals surface area contributed by atoms with Crippen molar-refractivity contribution in [1.82, 2.24) is 14.8 Å². The summed E-state index contributed by atoms with van der Waals surface area (Å²) in [5, 5.41) is 7.47. The summed E-state index contributed by atoms with van der Waals surface area (Å²) in [5.74, 6) is -0.453. The molecule has 0 atom stereocenters. The number of carbonyl (C=O) groups is 1. The van der Waals surface area contributed by atoms with Crippen molar-refractivity contribution in [1.29, 1.82) is 0 Å². The van der Waals surface area contributed by atoms with Crippen LogP contribution in [0.2, 0.25) is 4.47 Å². The smallest absolute Gasteiger partial charge is 0.358 e. The normalized spacial score (nSPS) is 10.5. The number of anilines is 1. The van der Waals surface area contributed by atoms with E-state index in [0.717, 1.165) is 16.3 Å². The van der Waals surface area contributed by atoms with Gasteiger partial charge in [-0.3, -0.25) is 0 Å². The number of carbonyl (C=O) groups excluding carboxylic acids is 1. The average Bonchev–Trinajstić information content (AvgIpc) is 3.22. The van der Waals surface area contributed by atoms with Crippen LogP contribution in [-0.2, 0) is 11.3 Å². The summed E-state index contributed by atoms with van der Waals surface area (Å²) in [4.78, 5) is 16.5. The van der Waals surface area contributed by atoms with Gasteiger partial charge in [-0.05, 0) is 30.3 Å². The van der Waals surface area contributed by atoms with Crippen LogP contribution in [0.5, 0.6) is 0 Å². The number of hydrogen-bond acceptors (Lipinski definition) is 6. The molecule has 1 N–H and O–H groups in total. The second kappa shape index (κ2) is 6.80. The van der Waals surface area contributed by atoms with Crippen molar-refractivity contribution in [3.63, 3.8) is 0 Å². The van der Waals surface area contributed by atoms with Gasteiger partial charge < -0.3 is 10.1 Å². The van der Waals surface area contributed by atoms with Gasteiger partial charge in [0.15, 0.2) is 10.2 Å². The first-order valence-electron chi connectivity index (χ1n) is 6.74. The second-order valence-electron chi connectivity index (χ2n) is 4.62. The van der Waals surface area contributed by atoms with Gasteiger partial charge in [-0.2, -0.15) is 5.10 Å². The van der Waals surface area contributed by atoms with Crippen LogP contribution < -0.4 is 5.32 Å². The molecule has 0 amide bonds. The maximum atomic E-state index is 11.4. The van der Waals surface area contributed by atoms with Gasteiger partial charge in [-0.15, -0.1) is 11.3 Å². The molecule has 23 heavy (non-hydrogen) atoms. The number of thiazole rings is 1. The van der Waals surface area contributed by atoms with E-state index in [4.69, 9.17) is 11.6 Å². The molecule has 0 unspecified atom stereocenters. The lowest BCUT2D eigenvalue weighted by Crippen LogP contribution is -2.04. The number of hydrogen-bond donors (Lipinski definition) is 1. The fraction of sp³-hybridized carbons (Fsp3) is 0.133. The van der Waals surface area contributed by atoms with Crippen molar-refractivity contribution in [2.75, 3.05) is 12.4 Å². The van der Waals surface area contributed by atoms with Crippen LogP contribution in [0, 0.1) is 0 Å². The van der Waals surface area contributed by atoms with E-state index in [9.17, 15) is 4.79 Å². The molecular weight excluding hydrogens is 336 g/mol. The lowest BCUT2D eigenvalue weighted by molar-refractivity contribution is 0.0593. The molecular formula is C15H13ClN4O2S. The Balaban J connectivity index is 1.67. The topological polar surface area (TPSA) is 69.0 Å². The monoisotopic (exact) mass is 348 g/mol. The van der Waals surface area contributed by atoms with Crippen LogP contribution >= 0.6 is 22.9 Å². The van der Waals surface area contributed by atoms with Crippen molar-refractivity contribution in [3.05, 3.63) is 57.8 Å². The van der Waals surface area contributed by atoms with E-state index in [1.54, 1.807) is 23.1 Å². The fourth-order valence-corrected chi connectivity index (χ4v) is 2.89. The third-order valence-corrected chi connectivity index (χ3v) is 4.22. The number of halogens is 1. The largest absolute Gasteiger partial charge is 0.464 e. The zero-order chi connectivity index (χ0) is 16.2. The first-order valence-corrected chi connectivity index (χ1v) is 7.93. The molecule has 1 aromatic carbocycles. The predicted octanol–water partition coefficient (Wildman–Crippen LogP) is 3.38. The fourth-order valence-electron chi connectivity index (χ4n) is 1.97. The quantitative estimate of drug-likeness (QED) is 0.716. The zero-order valence-corrected chi connectivity index (χ0v) is 13.8. The van der Waals surface area contributed by atoms with Gasteiger partial charge in [0.2, 0.25) is 0 Å². The van der Waals surface area contributed by atoms with Gasteiger partial charge in [0.05, 0.1) is 19.3 Å². The third kappa shape index (κ3) is 3.69. The Bertz CT molecular complexity index is 813. The standard InChI is InChI=1S/C15H13ClN4O2S/c1-22-14(21)13-6-7-20(19-13)11-4-2-10(3-5-11)17-8-12-9-18-15(16)23-12/h2-7,9,17H,8H2,1H3. The molecule has 118 valence electrons. The molecule has 0 aliphatic heterocycles. The maximum Gasteiger partial charge on any atom is 0.358 e. The molecule has 2 aromatic heterocycles. The maximum absolute atomic E-state index is 11.4. The summed E-state index contributed by atoms with van der Waals surface area (Å²) >= 11 is 7.25. The van der Waals surface area contributed by atoms with Crippen LogP contribution in [0.3, 0.4) is 0 Å². The average molecular weight is 349 g/mol. The van der Waals surface area contributed by atoms with Crippen LogP contribution in [0.4, 0.5) is 5.69 Å². The molecule has 0 aliphatic rings. The van der Waals surface area contributed by atoms with Crippen molar-refractivity contribution in [2.45, 2.75) is 6.54 Å². The number of rotatable bonds is 5. The van der Waals surface area contributed by atoms with Crippen LogP contribution in [0.1, 0.15) is 15.4 Å². The summed E-state index contributed by atoms with van der Waals surface area (Å²) in [6.45, 7) is 0.665. The highest BCUT2D eigenvalue weighted by Crippen LogP contribution is 2.19. The minimum absolute atomic E-state index is 0.275. The van der Waals surface area contributed by atoms with Gasteiger partial charge in [0.1, 0.15) is 0 Å². The molecule has 0 radical (unpaired) electrons. The highest BCUT2D eigenvalue weighted by atomic mass is 35.5. The Kier molecular flexibility index (Phi) is 4.59. The number of methoxy groups -OCH3 is 1. The summed E-state index contributed by atoms with van der Waals surface area (Å²) in [5.41, 5.74) is 2.10. The van der Waals surface area contributed by atoms with Crippen molar-refractivity contribution in [2.24, 2.45) is 0 Å². The molecule has 3 aromatic rings. The van der Waals surface area contributed by atoms with Gasteiger partial charge in [0.25, 0.3) is 0 Å². The van der Waals surface area contributed by atoms with E-state index >= 15 is 0 Å². The number of nitrogens with zero attached hydrogens (tertiary/aromatic N) is 3. The van der Waals surface area contributed by atoms with Gasteiger partial charge in [0, 0.05) is 23.0 Å². The first-order chi connectivity index (χ1) is 11.2. The predicted molar refractivity (Wildman–Crippen MR) is 89.4 cm³/mol. The number of aromatic nitrogens is 3. The molecule has 2 heterocycles. The second-order valence-corrected chi connectivity index (χ2v) is 6.31. The highest BCUT2D eigenvalue weighted by Gasteiger charge is 2.09. The Morgan fingerprint density at radius 1 is 1.35 bits per heavy atom. The van der Waals surface area contributed by atoms with E-state index in [-0.39, 0.29) is 5.69 Å². The summed E-state index contributed by atoms with van der Waals surface area (Å²) in [6.07, 6.45) is 3.47. The van der Waals surface area contributed by atoms with E-state index < -0.39 is 5.97 Å². The van der Waals surface area contributed by atoms with Gasteiger partial charge in [-0.25, -0.2) is 14.5 Å². The molecule has 8 heteroatoms. The van der Waals surface area contributed by atoms with E-state index in [1.807, 2.05) is 24.3 Å². The van der Waals surface area contributed by atoms with E-state index in [2.05, 4.69) is 20.1 Å². The van der Waals surface area contributed by atoms with Gasteiger partial charge >= 0.3 is 5.97 Å². The molecule has 3 rings (SSSR count). The number of benzene rings is 1. The molecule has 6 nitrogen and oxygen atoms in total. The lowest BCUT2D eigenvalue weighted by atomic mass is 10.3. The van der Waals surface area contributed by atoms with Crippen molar-refractivity contribution >= 4 is 34.6 Å². The molecule has 0 saturated carbocycles. The minimum Gasteiger partial charge on any atom is -0.464 e. The lowest BCUT2D eigenvalue weighted by Gasteiger charge is -2.06. The summed E-state index contributed by atoms with van der Waals surface area (Å²) in [7, 11) is 1.33. The highest BCUT2D eigenvalue weighted by molar-refractivity contribution is 7.15. The molecule has 0 bridgehead atoms. The summed E-state index contributed by atoms with van der Waals surface area (Å²) < 4.78 is 6.81. The molecule has 0 fully saturated rings. The number of nitrogens with one attached hydrogen (secondary N) is 1. The van der Waals surface area contributed by atoms with Crippen LogP contribution in [0.15, 0.2) is 42.7 Å². The Hall–Kier alpha value is -2.38. The SMILES string of the molecule is COC(=O)c1ccn(-c2ccc(NCc3cnc(Cl)s3)cc2)n1. The van der Waals surface area contributed by atoms with E-state index in [1.165, 1.54) is 18.4 Å². The van der Waals surface area contributed by atoms with Crippen molar-refractivity contribution in [3.8, 4) is 5.69 Å². The van der Waals surface area contributed by atoms with Gasteiger partial charge in [-0.1, -0.05) is 11.6 Å². The minimum atomic E-state index is -0.453. The third-order valence-electron chi connectivity index (χ3n) is 3.11. The number of esters is 1. The molecule has 0 aliphatic carbocycles. The zero-order valence-electron chi connectivity index (χ0n) is 12.2. The van der Waals surface area contributed by atoms with Crippen molar-refractivity contribution < 1.29 is 9.53 Å². The molecule has 0 spiro atoms. The Morgan fingerprint density at radius 2 is 2.13 bits per heavy atom. The number of ether oxygens (including phenoxy) is 1. The van der Waals surface area contributed by atoms with Crippen LogP contribution in [-0.4, -0.2) is 27.8 Å². The first kappa shape index (κ1) is 15.5. The molecule has 0 saturated heterocycles.